The third kappa shape index (κ3) is 4.94. The van der Waals surface area contributed by atoms with E-state index in [0.29, 0.717) is 18.6 Å². The third-order valence-electron chi connectivity index (χ3n) is 4.79. The van der Waals surface area contributed by atoms with Crippen LogP contribution in [0.3, 0.4) is 0 Å². The number of nitrogens with one attached hydrogen (secondary N) is 1. The van der Waals surface area contributed by atoms with Crippen LogP contribution < -0.4 is 5.32 Å². The third-order valence-corrected chi connectivity index (χ3v) is 4.79. The Morgan fingerprint density at radius 2 is 2.14 bits per heavy atom. The van der Waals surface area contributed by atoms with Crippen molar-refractivity contribution in [1.82, 2.24) is 10.2 Å². The second kappa shape index (κ2) is 7.07. The van der Waals surface area contributed by atoms with E-state index in [4.69, 9.17) is 4.74 Å². The summed E-state index contributed by atoms with van der Waals surface area (Å²) >= 11 is 0. The normalized spacial score (nSPS) is 27.3. The molecule has 1 aliphatic heterocycles. The van der Waals surface area contributed by atoms with Crippen molar-refractivity contribution < 1.29 is 14.6 Å². The number of ether oxygens (including phenoxy) is 1. The molecule has 1 heterocycles. The maximum absolute atomic E-state index is 11.6. The number of nitrogens with zero attached hydrogens (tertiary/aromatic N) is 1. The van der Waals surface area contributed by atoms with Crippen LogP contribution in [-0.4, -0.2) is 59.9 Å². The van der Waals surface area contributed by atoms with Crippen LogP contribution in [0, 0.1) is 0 Å². The van der Waals surface area contributed by atoms with E-state index in [9.17, 15) is 9.90 Å². The van der Waals surface area contributed by atoms with Crippen molar-refractivity contribution in [3.63, 3.8) is 0 Å². The van der Waals surface area contributed by atoms with E-state index in [1.54, 1.807) is 0 Å². The lowest BCUT2D eigenvalue weighted by Gasteiger charge is -2.35. The number of carbonyl (C=O) groups is 1. The van der Waals surface area contributed by atoms with Crippen molar-refractivity contribution in [3.05, 3.63) is 0 Å². The molecule has 122 valence electrons. The average Bonchev–Trinajstić information content (AvgIpc) is 3.23. The molecule has 2 rings (SSSR count). The van der Waals surface area contributed by atoms with E-state index in [1.807, 2.05) is 6.92 Å². The van der Waals surface area contributed by atoms with E-state index in [1.165, 1.54) is 6.42 Å². The van der Waals surface area contributed by atoms with Gasteiger partial charge in [-0.1, -0.05) is 0 Å². The lowest BCUT2D eigenvalue weighted by Crippen LogP contribution is -2.54. The zero-order valence-corrected chi connectivity index (χ0v) is 13.6. The number of rotatable bonds is 8. The van der Waals surface area contributed by atoms with E-state index in [0.717, 1.165) is 38.8 Å². The first-order valence-corrected chi connectivity index (χ1v) is 8.23. The van der Waals surface area contributed by atoms with Crippen LogP contribution in [0.5, 0.6) is 0 Å². The van der Waals surface area contributed by atoms with Gasteiger partial charge in [0.05, 0.1) is 6.10 Å². The Balaban J connectivity index is 1.84. The fourth-order valence-electron chi connectivity index (χ4n) is 3.09. The highest BCUT2D eigenvalue weighted by atomic mass is 16.5. The van der Waals surface area contributed by atoms with Gasteiger partial charge in [-0.3, -0.25) is 10.1 Å². The largest absolute Gasteiger partial charge is 0.480 e. The van der Waals surface area contributed by atoms with Crippen molar-refractivity contribution in [1.29, 1.82) is 0 Å². The Morgan fingerprint density at radius 1 is 1.43 bits per heavy atom. The van der Waals surface area contributed by atoms with E-state index in [-0.39, 0.29) is 6.04 Å². The molecular formula is C16H30N2O3. The Hall–Kier alpha value is -0.650. The van der Waals surface area contributed by atoms with Crippen molar-refractivity contribution >= 4 is 5.97 Å². The highest BCUT2D eigenvalue weighted by Crippen LogP contribution is 2.26. The van der Waals surface area contributed by atoms with Crippen LogP contribution in [0.25, 0.3) is 0 Å². The number of likely N-dealkylation sites (N-methyl/N-ethyl adjacent to an activating group) is 1. The monoisotopic (exact) mass is 298 g/mol. The molecule has 5 heteroatoms. The number of aliphatic carboxylic acids is 1. The topological polar surface area (TPSA) is 61.8 Å². The first-order chi connectivity index (χ1) is 9.90. The summed E-state index contributed by atoms with van der Waals surface area (Å²) in [5, 5.41) is 12.9. The van der Waals surface area contributed by atoms with E-state index in [2.05, 4.69) is 24.2 Å². The van der Waals surface area contributed by atoms with Crippen molar-refractivity contribution in [2.24, 2.45) is 0 Å². The quantitative estimate of drug-likeness (QED) is 0.716. The average molecular weight is 298 g/mol. The fourth-order valence-corrected chi connectivity index (χ4v) is 3.09. The lowest BCUT2D eigenvalue weighted by atomic mass is 9.92. The summed E-state index contributed by atoms with van der Waals surface area (Å²) in [6.07, 6.45) is 6.64. The molecule has 21 heavy (non-hydrogen) atoms. The van der Waals surface area contributed by atoms with Gasteiger partial charge in [0.15, 0.2) is 0 Å². The maximum Gasteiger partial charge on any atom is 0.323 e. The molecule has 3 atom stereocenters. The van der Waals surface area contributed by atoms with Gasteiger partial charge < -0.3 is 14.7 Å². The molecule has 0 radical (unpaired) electrons. The molecule has 2 aliphatic rings. The highest BCUT2D eigenvalue weighted by Gasteiger charge is 2.40. The summed E-state index contributed by atoms with van der Waals surface area (Å²) in [4.78, 5) is 13.9. The molecule has 2 N–H and O–H groups in total. The van der Waals surface area contributed by atoms with Crippen LogP contribution in [-0.2, 0) is 9.53 Å². The molecule has 5 nitrogen and oxygen atoms in total. The zero-order valence-electron chi connectivity index (χ0n) is 13.6. The van der Waals surface area contributed by atoms with Crippen molar-refractivity contribution in [3.8, 4) is 0 Å². The standard InChI is InChI=1S/C16H30N2O3/c1-12(18(3)11-14-6-4-5-9-21-14)10-16(2,15(19)20)17-13-7-8-13/h12-14,17H,4-11H2,1-3H3,(H,19,20). The van der Waals surface area contributed by atoms with E-state index >= 15 is 0 Å². The summed E-state index contributed by atoms with van der Waals surface area (Å²) < 4.78 is 5.78. The van der Waals surface area contributed by atoms with Gasteiger partial charge in [-0.2, -0.15) is 0 Å². The molecular weight excluding hydrogens is 268 g/mol. The van der Waals surface area contributed by atoms with Crippen LogP contribution in [0.1, 0.15) is 52.4 Å². The molecule has 1 aliphatic carbocycles. The van der Waals surface area contributed by atoms with Gasteiger partial charge in [0.25, 0.3) is 0 Å². The minimum absolute atomic E-state index is 0.211. The van der Waals surface area contributed by atoms with Gasteiger partial charge in [0, 0.05) is 25.2 Å². The minimum Gasteiger partial charge on any atom is -0.480 e. The Morgan fingerprint density at radius 3 is 2.67 bits per heavy atom. The van der Waals surface area contributed by atoms with Gasteiger partial charge >= 0.3 is 5.97 Å². The maximum atomic E-state index is 11.6. The number of hydrogen-bond donors (Lipinski definition) is 2. The molecule has 0 spiro atoms. The Labute approximate surface area is 128 Å². The van der Waals surface area contributed by atoms with Gasteiger partial charge in [-0.25, -0.2) is 0 Å². The van der Waals surface area contributed by atoms with Crippen LogP contribution in [0.2, 0.25) is 0 Å². The Kier molecular flexibility index (Phi) is 5.63. The summed E-state index contributed by atoms with van der Waals surface area (Å²) in [5.41, 5.74) is -0.831. The smallest absolute Gasteiger partial charge is 0.323 e. The summed E-state index contributed by atoms with van der Waals surface area (Å²) in [5.74, 6) is -0.747. The predicted molar refractivity (Wildman–Crippen MR) is 82.5 cm³/mol. The van der Waals surface area contributed by atoms with Gasteiger partial charge in [0.1, 0.15) is 5.54 Å². The van der Waals surface area contributed by atoms with Crippen LogP contribution in [0.4, 0.5) is 0 Å². The SMILES string of the molecule is CC(CC(C)(NC1CC1)C(=O)O)N(C)CC1CCCCO1. The molecule has 0 aromatic carbocycles. The second-order valence-corrected chi connectivity index (χ2v) is 7.04. The van der Waals surface area contributed by atoms with Gasteiger partial charge in [0.2, 0.25) is 0 Å². The van der Waals surface area contributed by atoms with Gasteiger partial charge in [-0.05, 0) is 59.4 Å². The molecule has 1 saturated heterocycles. The first kappa shape index (κ1) is 16.7. The van der Waals surface area contributed by atoms with Gasteiger partial charge in [-0.15, -0.1) is 0 Å². The molecule has 0 bridgehead atoms. The number of carboxylic acid groups (broad SMARTS) is 1. The number of carboxylic acids is 1. The molecule has 1 saturated carbocycles. The molecule has 0 aromatic heterocycles. The van der Waals surface area contributed by atoms with Crippen LogP contribution in [0.15, 0.2) is 0 Å². The molecule has 0 aromatic rings. The molecule has 3 unspecified atom stereocenters. The molecule has 2 fully saturated rings. The summed E-state index contributed by atoms with van der Waals surface area (Å²) in [6.45, 7) is 5.68. The predicted octanol–water partition coefficient (Wildman–Crippen LogP) is 1.86. The molecule has 0 amide bonds. The zero-order chi connectivity index (χ0) is 15.5. The van der Waals surface area contributed by atoms with E-state index < -0.39 is 11.5 Å². The number of hydrogen-bond acceptors (Lipinski definition) is 4. The minimum atomic E-state index is -0.831. The Bertz CT molecular complexity index is 353. The first-order valence-electron chi connectivity index (χ1n) is 8.23. The highest BCUT2D eigenvalue weighted by molar-refractivity contribution is 5.78. The second-order valence-electron chi connectivity index (χ2n) is 7.04. The fraction of sp³-hybridized carbons (Fsp3) is 0.938. The summed E-state index contributed by atoms with van der Waals surface area (Å²) in [6, 6.07) is 0.605. The van der Waals surface area contributed by atoms with Crippen molar-refractivity contribution in [2.75, 3.05) is 20.2 Å². The summed E-state index contributed by atoms with van der Waals surface area (Å²) in [7, 11) is 2.07. The van der Waals surface area contributed by atoms with Crippen LogP contribution >= 0.6 is 0 Å². The lowest BCUT2D eigenvalue weighted by molar-refractivity contribution is -0.145. The van der Waals surface area contributed by atoms with Crippen molar-refractivity contribution in [2.45, 2.75) is 76.1 Å².